The Morgan fingerprint density at radius 3 is 2.00 bits per heavy atom. The first-order valence-corrected chi connectivity index (χ1v) is 8.79. The van der Waals surface area contributed by atoms with E-state index >= 15 is 0 Å². The highest BCUT2D eigenvalue weighted by atomic mass is 16.6. The van der Waals surface area contributed by atoms with Gasteiger partial charge in [-0.15, -0.1) is 0 Å². The Morgan fingerprint density at radius 2 is 1.48 bits per heavy atom. The highest BCUT2D eigenvalue weighted by molar-refractivity contribution is 5.17. The summed E-state index contributed by atoms with van der Waals surface area (Å²) in [5.41, 5.74) is 3.04. The van der Waals surface area contributed by atoms with E-state index in [2.05, 4.69) is 65.6 Å². The van der Waals surface area contributed by atoms with Gasteiger partial charge in [-0.3, -0.25) is 4.90 Å². The van der Waals surface area contributed by atoms with Crippen LogP contribution in [0, 0.1) is 0 Å². The third kappa shape index (κ3) is 3.65. The lowest BCUT2D eigenvalue weighted by atomic mass is 9.85. The van der Waals surface area contributed by atoms with Gasteiger partial charge in [0.25, 0.3) is 0 Å². The van der Waals surface area contributed by atoms with Crippen LogP contribution in [-0.2, 0) is 17.8 Å². The van der Waals surface area contributed by atoms with E-state index in [0.29, 0.717) is 6.04 Å². The van der Waals surface area contributed by atoms with Crippen molar-refractivity contribution in [1.29, 1.82) is 0 Å². The maximum absolute atomic E-state index is 5.79. The second kappa shape index (κ2) is 6.46. The van der Waals surface area contributed by atoms with Gasteiger partial charge >= 0.3 is 0 Å². The molecule has 0 amide bonds. The first kappa shape index (κ1) is 14.9. The summed E-state index contributed by atoms with van der Waals surface area (Å²) in [5.74, 6) is 0. The molecule has 1 aliphatic heterocycles. The molecule has 2 aliphatic rings. The average molecular weight is 307 g/mol. The molecule has 0 bridgehead atoms. The zero-order valence-corrected chi connectivity index (χ0v) is 13.7. The molecular weight excluding hydrogens is 282 g/mol. The third-order valence-electron chi connectivity index (χ3n) is 5.30. The van der Waals surface area contributed by atoms with Gasteiger partial charge in [-0.1, -0.05) is 60.7 Å². The van der Waals surface area contributed by atoms with E-state index in [9.17, 15) is 0 Å². The minimum Gasteiger partial charge on any atom is -0.370 e. The Morgan fingerprint density at radius 1 is 0.913 bits per heavy atom. The molecule has 4 rings (SSSR count). The lowest BCUT2D eigenvalue weighted by molar-refractivity contribution is 0.0960. The number of hydrogen-bond donors (Lipinski definition) is 0. The number of nitrogens with zero attached hydrogens (tertiary/aromatic N) is 1. The monoisotopic (exact) mass is 307 g/mol. The van der Waals surface area contributed by atoms with Crippen molar-refractivity contribution in [3.8, 4) is 0 Å². The Kier molecular flexibility index (Phi) is 4.19. The van der Waals surface area contributed by atoms with Crippen molar-refractivity contribution in [1.82, 2.24) is 4.90 Å². The minimum absolute atomic E-state index is 0.231. The van der Waals surface area contributed by atoms with Crippen LogP contribution in [0.15, 0.2) is 60.7 Å². The molecule has 2 heteroatoms. The number of epoxide rings is 1. The van der Waals surface area contributed by atoms with Crippen molar-refractivity contribution in [3.63, 3.8) is 0 Å². The van der Waals surface area contributed by atoms with Crippen LogP contribution >= 0.6 is 0 Å². The molecule has 1 saturated heterocycles. The second-order valence-corrected chi connectivity index (χ2v) is 7.10. The zero-order valence-electron chi connectivity index (χ0n) is 13.7. The van der Waals surface area contributed by atoms with Gasteiger partial charge in [0.15, 0.2) is 0 Å². The summed E-state index contributed by atoms with van der Waals surface area (Å²) in [5, 5.41) is 0. The van der Waals surface area contributed by atoms with Crippen molar-refractivity contribution in [2.24, 2.45) is 0 Å². The van der Waals surface area contributed by atoms with E-state index < -0.39 is 0 Å². The molecule has 120 valence electrons. The molecule has 2 aromatic rings. The van der Waals surface area contributed by atoms with Crippen molar-refractivity contribution in [3.05, 3.63) is 71.8 Å². The summed E-state index contributed by atoms with van der Waals surface area (Å²) in [4.78, 5) is 2.66. The average Bonchev–Trinajstić information content (AvgIpc) is 3.35. The molecule has 1 aliphatic carbocycles. The van der Waals surface area contributed by atoms with Crippen LogP contribution < -0.4 is 0 Å². The molecule has 2 nitrogen and oxygen atoms in total. The van der Waals surface area contributed by atoms with Crippen LogP contribution in [0.3, 0.4) is 0 Å². The van der Waals surface area contributed by atoms with Crippen LogP contribution in [0.1, 0.15) is 36.8 Å². The quantitative estimate of drug-likeness (QED) is 0.761. The van der Waals surface area contributed by atoms with E-state index in [1.54, 1.807) is 0 Å². The molecule has 2 atom stereocenters. The molecule has 23 heavy (non-hydrogen) atoms. The number of rotatable bonds is 5. The maximum Gasteiger partial charge on any atom is 0.0931 e. The van der Waals surface area contributed by atoms with E-state index in [4.69, 9.17) is 4.74 Å². The molecule has 0 radical (unpaired) electrons. The fourth-order valence-corrected chi connectivity index (χ4v) is 3.92. The number of benzene rings is 2. The van der Waals surface area contributed by atoms with Gasteiger partial charge in [0.2, 0.25) is 0 Å². The van der Waals surface area contributed by atoms with Crippen LogP contribution in [0.5, 0.6) is 0 Å². The number of hydrogen-bond acceptors (Lipinski definition) is 2. The highest BCUT2D eigenvalue weighted by Crippen LogP contribution is 2.43. The van der Waals surface area contributed by atoms with Gasteiger partial charge in [-0.25, -0.2) is 0 Å². The summed E-state index contributed by atoms with van der Waals surface area (Å²) < 4.78 is 5.79. The predicted octanol–water partition coefficient (Wildman–Crippen LogP) is 4.40. The topological polar surface area (TPSA) is 15.8 Å². The molecule has 2 aromatic carbocycles. The zero-order chi connectivity index (χ0) is 15.5. The first-order valence-electron chi connectivity index (χ1n) is 8.79. The molecule has 1 saturated carbocycles. The first-order chi connectivity index (χ1) is 11.3. The highest BCUT2D eigenvalue weighted by Gasteiger charge is 2.48. The Bertz CT molecular complexity index is 579. The van der Waals surface area contributed by atoms with E-state index in [1.807, 2.05) is 0 Å². The summed E-state index contributed by atoms with van der Waals surface area (Å²) in [7, 11) is 0. The van der Waals surface area contributed by atoms with Gasteiger partial charge in [0.1, 0.15) is 0 Å². The molecule has 0 N–H and O–H groups in total. The Balaban J connectivity index is 1.52. The Hall–Kier alpha value is -1.64. The molecule has 1 heterocycles. The van der Waals surface area contributed by atoms with Gasteiger partial charge in [0.05, 0.1) is 12.2 Å². The van der Waals surface area contributed by atoms with Crippen LogP contribution in [0.2, 0.25) is 0 Å². The third-order valence-corrected chi connectivity index (χ3v) is 5.30. The summed E-state index contributed by atoms with van der Waals surface area (Å²) in [6, 6.07) is 22.3. The van der Waals surface area contributed by atoms with Gasteiger partial charge in [0, 0.05) is 19.1 Å². The minimum atomic E-state index is 0.231. The summed E-state index contributed by atoms with van der Waals surface area (Å²) in [6.07, 6.45) is 5.05. The molecule has 2 fully saturated rings. The SMILES string of the molecule is c1ccc(CN(Cc2ccccc2)C2CCC[C@]3(CO3)C2)cc1. The van der Waals surface area contributed by atoms with Crippen molar-refractivity contribution < 1.29 is 4.74 Å². The fourth-order valence-electron chi connectivity index (χ4n) is 3.92. The normalized spacial score (nSPS) is 26.6. The van der Waals surface area contributed by atoms with E-state index in [-0.39, 0.29) is 5.60 Å². The number of ether oxygens (including phenoxy) is 1. The van der Waals surface area contributed by atoms with Crippen molar-refractivity contribution >= 4 is 0 Å². The molecule has 0 aromatic heterocycles. The predicted molar refractivity (Wildman–Crippen MR) is 93.1 cm³/mol. The largest absolute Gasteiger partial charge is 0.370 e. The maximum atomic E-state index is 5.79. The fraction of sp³-hybridized carbons (Fsp3) is 0.429. The van der Waals surface area contributed by atoms with E-state index in [0.717, 1.165) is 19.7 Å². The van der Waals surface area contributed by atoms with Gasteiger partial charge < -0.3 is 4.74 Å². The standard InChI is InChI=1S/C21H25NO/c1-3-8-18(9-4-1)15-22(16-19-10-5-2-6-11-19)20-12-7-13-21(14-20)17-23-21/h1-6,8-11,20H,7,12-17H2/t20?,21-/m1/s1. The van der Waals surface area contributed by atoms with Crippen LogP contribution in [0.25, 0.3) is 0 Å². The molecular formula is C21H25NO. The summed E-state index contributed by atoms with van der Waals surface area (Å²) >= 11 is 0. The molecule has 1 unspecified atom stereocenters. The van der Waals surface area contributed by atoms with Crippen LogP contribution in [-0.4, -0.2) is 23.1 Å². The second-order valence-electron chi connectivity index (χ2n) is 7.10. The Labute approximate surface area is 139 Å². The lowest BCUT2D eigenvalue weighted by Gasteiger charge is -2.37. The van der Waals surface area contributed by atoms with E-state index in [1.165, 1.54) is 36.8 Å². The van der Waals surface area contributed by atoms with Gasteiger partial charge in [-0.05, 0) is 36.8 Å². The van der Waals surface area contributed by atoms with Gasteiger partial charge in [-0.2, -0.15) is 0 Å². The molecule has 1 spiro atoms. The van der Waals surface area contributed by atoms with Crippen molar-refractivity contribution in [2.45, 2.75) is 50.4 Å². The smallest absolute Gasteiger partial charge is 0.0931 e. The lowest BCUT2D eigenvalue weighted by Crippen LogP contribution is -2.40. The summed E-state index contributed by atoms with van der Waals surface area (Å²) in [6.45, 7) is 3.03. The van der Waals surface area contributed by atoms with Crippen molar-refractivity contribution in [2.75, 3.05) is 6.61 Å². The van der Waals surface area contributed by atoms with Crippen LogP contribution in [0.4, 0.5) is 0 Å².